The van der Waals surface area contributed by atoms with Gasteiger partial charge in [-0.2, -0.15) is 0 Å². The van der Waals surface area contributed by atoms with Crippen LogP contribution in [0.2, 0.25) is 5.02 Å². The van der Waals surface area contributed by atoms with Crippen molar-refractivity contribution in [3.63, 3.8) is 0 Å². The number of hydrogen-bond acceptors (Lipinski definition) is 5. The van der Waals surface area contributed by atoms with Crippen LogP contribution in [0.15, 0.2) is 30.6 Å². The molecule has 2 aromatic rings. The summed E-state index contributed by atoms with van der Waals surface area (Å²) in [4.78, 5) is 30.4. The molecule has 2 saturated heterocycles. The minimum atomic E-state index is -0.122. The third kappa shape index (κ3) is 4.67. The van der Waals surface area contributed by atoms with E-state index < -0.39 is 0 Å². The third-order valence-electron chi connectivity index (χ3n) is 8.63. The predicted octanol–water partition coefficient (Wildman–Crippen LogP) is 4.49. The van der Waals surface area contributed by atoms with Crippen molar-refractivity contribution < 1.29 is 4.79 Å². The van der Waals surface area contributed by atoms with Crippen molar-refractivity contribution in [1.29, 1.82) is 0 Å². The quantitative estimate of drug-likeness (QED) is 0.593. The highest BCUT2D eigenvalue weighted by Gasteiger charge is 2.41. The molecule has 0 radical (unpaired) electrons. The number of likely N-dealkylation sites (tertiary alicyclic amines) is 1. The second kappa shape index (κ2) is 9.70. The van der Waals surface area contributed by atoms with E-state index in [0.29, 0.717) is 5.92 Å². The van der Waals surface area contributed by atoms with Gasteiger partial charge < -0.3 is 9.80 Å². The van der Waals surface area contributed by atoms with Crippen LogP contribution in [0, 0.1) is 5.92 Å². The first-order valence-electron chi connectivity index (χ1n) is 13.5. The minimum Gasteiger partial charge on any atom is -0.353 e. The van der Waals surface area contributed by atoms with Crippen molar-refractivity contribution in [2.75, 3.05) is 44.2 Å². The molecule has 3 fully saturated rings. The van der Waals surface area contributed by atoms with E-state index in [1.54, 1.807) is 6.33 Å². The maximum atomic E-state index is 14.1. The molecule has 4 aliphatic rings. The SMILES string of the molecule is CC1CCc2ncnc(N3CCN(C(=O)C(c4ccc(Cl)cc4)C4CCCN4CC4CC4)CC3)c21. The van der Waals surface area contributed by atoms with Crippen LogP contribution >= 0.6 is 11.6 Å². The van der Waals surface area contributed by atoms with Gasteiger partial charge in [0.05, 0.1) is 5.92 Å². The molecular formula is C28H36ClN5O. The molecule has 2 aliphatic heterocycles. The second-order valence-corrected chi connectivity index (χ2v) is 11.4. The molecule has 3 unspecified atom stereocenters. The molecule has 35 heavy (non-hydrogen) atoms. The van der Waals surface area contributed by atoms with Crippen LogP contribution in [0.1, 0.15) is 67.7 Å². The topological polar surface area (TPSA) is 52.6 Å². The number of rotatable bonds is 6. The van der Waals surface area contributed by atoms with Crippen LogP contribution in [0.4, 0.5) is 5.82 Å². The second-order valence-electron chi connectivity index (χ2n) is 11.0. The fourth-order valence-corrected chi connectivity index (χ4v) is 6.62. The van der Waals surface area contributed by atoms with Gasteiger partial charge in [-0.1, -0.05) is 30.7 Å². The van der Waals surface area contributed by atoms with Gasteiger partial charge in [0.25, 0.3) is 0 Å². The molecular weight excluding hydrogens is 458 g/mol. The number of carbonyl (C=O) groups excluding carboxylic acids is 1. The van der Waals surface area contributed by atoms with E-state index >= 15 is 0 Å². The van der Waals surface area contributed by atoms with E-state index in [1.807, 2.05) is 12.1 Å². The van der Waals surface area contributed by atoms with Crippen molar-refractivity contribution in [2.24, 2.45) is 5.92 Å². The number of piperazine rings is 1. The third-order valence-corrected chi connectivity index (χ3v) is 8.88. The molecule has 3 atom stereocenters. The fraction of sp³-hybridized carbons (Fsp3) is 0.607. The molecule has 1 amide bonds. The molecule has 6 nitrogen and oxygen atoms in total. The largest absolute Gasteiger partial charge is 0.353 e. The lowest BCUT2D eigenvalue weighted by Crippen LogP contribution is -2.52. The zero-order chi connectivity index (χ0) is 23.9. The molecule has 0 N–H and O–H groups in total. The summed E-state index contributed by atoms with van der Waals surface area (Å²) in [6, 6.07) is 8.30. The van der Waals surface area contributed by atoms with Crippen molar-refractivity contribution >= 4 is 23.3 Å². The van der Waals surface area contributed by atoms with Gasteiger partial charge >= 0.3 is 0 Å². The number of halogens is 1. The summed E-state index contributed by atoms with van der Waals surface area (Å²) in [5.74, 6) is 2.59. The fourth-order valence-electron chi connectivity index (χ4n) is 6.50. The number of hydrogen-bond donors (Lipinski definition) is 0. The van der Waals surface area contributed by atoms with E-state index in [4.69, 9.17) is 11.6 Å². The number of aromatic nitrogens is 2. The molecule has 7 heteroatoms. The Kier molecular flexibility index (Phi) is 6.44. The van der Waals surface area contributed by atoms with Gasteiger partial charge in [0.2, 0.25) is 5.91 Å². The zero-order valence-electron chi connectivity index (χ0n) is 20.7. The summed E-state index contributed by atoms with van der Waals surface area (Å²) in [6.07, 6.45) is 8.88. The van der Waals surface area contributed by atoms with Crippen molar-refractivity contribution in [2.45, 2.75) is 63.3 Å². The van der Waals surface area contributed by atoms with Crippen LogP contribution in [-0.2, 0) is 11.2 Å². The number of benzene rings is 1. The molecule has 186 valence electrons. The van der Waals surface area contributed by atoms with Crippen molar-refractivity contribution in [3.05, 3.63) is 52.4 Å². The lowest BCUT2D eigenvalue weighted by molar-refractivity contribution is -0.134. The molecule has 0 spiro atoms. The number of nitrogens with zero attached hydrogens (tertiary/aromatic N) is 5. The Balaban J connectivity index is 1.20. The Morgan fingerprint density at radius 1 is 1.03 bits per heavy atom. The van der Waals surface area contributed by atoms with Gasteiger partial charge in [-0.25, -0.2) is 9.97 Å². The normalized spacial score (nSPS) is 25.7. The van der Waals surface area contributed by atoms with E-state index in [1.165, 1.54) is 30.5 Å². The number of amides is 1. The Bertz CT molecular complexity index is 1060. The van der Waals surface area contributed by atoms with Crippen molar-refractivity contribution in [3.8, 4) is 0 Å². The van der Waals surface area contributed by atoms with Crippen LogP contribution < -0.4 is 4.90 Å². The molecule has 6 rings (SSSR count). The summed E-state index contributed by atoms with van der Waals surface area (Å²) in [6.45, 7) is 7.68. The minimum absolute atomic E-state index is 0.122. The highest BCUT2D eigenvalue weighted by molar-refractivity contribution is 6.30. The van der Waals surface area contributed by atoms with E-state index in [9.17, 15) is 4.79 Å². The van der Waals surface area contributed by atoms with Crippen LogP contribution in [0.3, 0.4) is 0 Å². The summed E-state index contributed by atoms with van der Waals surface area (Å²) in [5, 5.41) is 0.724. The van der Waals surface area contributed by atoms with E-state index in [2.05, 4.69) is 43.7 Å². The number of anilines is 1. The van der Waals surface area contributed by atoms with E-state index in [-0.39, 0.29) is 17.9 Å². The maximum absolute atomic E-state index is 14.1. The zero-order valence-corrected chi connectivity index (χ0v) is 21.5. The predicted molar refractivity (Wildman–Crippen MR) is 139 cm³/mol. The lowest BCUT2D eigenvalue weighted by atomic mass is 9.88. The Morgan fingerprint density at radius 2 is 1.80 bits per heavy atom. The van der Waals surface area contributed by atoms with Crippen LogP contribution in [-0.4, -0.2) is 71.0 Å². The first-order valence-corrected chi connectivity index (χ1v) is 13.8. The summed E-state index contributed by atoms with van der Waals surface area (Å²) < 4.78 is 0. The molecule has 1 aromatic carbocycles. The lowest BCUT2D eigenvalue weighted by Gasteiger charge is -2.40. The van der Waals surface area contributed by atoms with Gasteiger partial charge in [-0.15, -0.1) is 0 Å². The number of carbonyl (C=O) groups is 1. The highest BCUT2D eigenvalue weighted by atomic mass is 35.5. The monoisotopic (exact) mass is 493 g/mol. The van der Waals surface area contributed by atoms with Gasteiger partial charge in [0.15, 0.2) is 0 Å². The smallest absolute Gasteiger partial charge is 0.231 e. The van der Waals surface area contributed by atoms with Gasteiger partial charge in [0, 0.05) is 55.0 Å². The summed E-state index contributed by atoms with van der Waals surface area (Å²) in [7, 11) is 0. The average molecular weight is 494 g/mol. The van der Waals surface area contributed by atoms with Crippen LogP contribution in [0.25, 0.3) is 0 Å². The molecule has 1 saturated carbocycles. The van der Waals surface area contributed by atoms with Gasteiger partial charge in [-0.05, 0) is 74.6 Å². The van der Waals surface area contributed by atoms with Crippen LogP contribution in [0.5, 0.6) is 0 Å². The first kappa shape index (κ1) is 23.2. The number of aryl methyl sites for hydroxylation is 1. The number of fused-ring (bicyclic) bond motifs is 1. The Hall–Kier alpha value is -2.18. The Labute approximate surface area is 213 Å². The average Bonchev–Trinajstić information content (AvgIpc) is 3.46. The molecule has 2 aliphatic carbocycles. The highest BCUT2D eigenvalue weighted by Crippen LogP contribution is 2.39. The first-order chi connectivity index (χ1) is 17.1. The van der Waals surface area contributed by atoms with Crippen molar-refractivity contribution in [1.82, 2.24) is 19.8 Å². The maximum Gasteiger partial charge on any atom is 0.231 e. The molecule has 0 bridgehead atoms. The summed E-state index contributed by atoms with van der Waals surface area (Å²) in [5.41, 5.74) is 3.64. The molecule has 3 heterocycles. The summed E-state index contributed by atoms with van der Waals surface area (Å²) >= 11 is 6.21. The van der Waals surface area contributed by atoms with Gasteiger partial charge in [-0.3, -0.25) is 9.69 Å². The van der Waals surface area contributed by atoms with E-state index in [0.717, 1.165) is 80.9 Å². The molecule has 1 aromatic heterocycles. The standard InChI is InChI=1S/C28H36ClN5O/c1-19-4-11-23-25(19)27(31-18-30-23)32-13-15-33(16-14-32)28(35)26(21-7-9-22(29)10-8-21)24-3-2-12-34(24)17-20-5-6-20/h7-10,18-20,24,26H,2-6,11-17H2,1H3. The Morgan fingerprint density at radius 3 is 2.54 bits per heavy atom. The van der Waals surface area contributed by atoms with Gasteiger partial charge in [0.1, 0.15) is 12.1 Å².